The first kappa shape index (κ1) is 21.2. The first-order valence-electron chi connectivity index (χ1n) is 9.89. The molecule has 3 aromatic carbocycles. The lowest BCUT2D eigenvalue weighted by Crippen LogP contribution is -2.11. The highest BCUT2D eigenvalue weighted by atomic mass is 16.5. The summed E-state index contributed by atoms with van der Waals surface area (Å²) >= 11 is 0. The maximum Gasteiger partial charge on any atom is 0.343 e. The Labute approximate surface area is 176 Å². The van der Waals surface area contributed by atoms with Gasteiger partial charge < -0.3 is 9.84 Å². The van der Waals surface area contributed by atoms with Crippen molar-refractivity contribution in [1.29, 1.82) is 0 Å². The highest BCUT2D eigenvalue weighted by Crippen LogP contribution is 2.16. The van der Waals surface area contributed by atoms with E-state index in [9.17, 15) is 14.7 Å². The quantitative estimate of drug-likeness (QED) is 0.411. The molecule has 3 aromatic rings. The van der Waals surface area contributed by atoms with Crippen LogP contribution in [0.25, 0.3) is 6.08 Å². The Kier molecular flexibility index (Phi) is 7.70. The Balaban J connectivity index is 1.43. The van der Waals surface area contributed by atoms with Crippen molar-refractivity contribution in [2.45, 2.75) is 25.4 Å². The van der Waals surface area contributed by atoms with Gasteiger partial charge in [0.15, 0.2) is 0 Å². The van der Waals surface area contributed by atoms with E-state index in [-0.39, 0.29) is 12.2 Å². The van der Waals surface area contributed by atoms with E-state index in [2.05, 4.69) is 0 Å². The largest absolute Gasteiger partial charge is 0.423 e. The number of aryl methyl sites for hydroxylation is 1. The summed E-state index contributed by atoms with van der Waals surface area (Å²) in [5, 5.41) is 10.0. The van der Waals surface area contributed by atoms with Gasteiger partial charge in [0.25, 0.3) is 0 Å². The van der Waals surface area contributed by atoms with E-state index in [1.165, 1.54) is 0 Å². The summed E-state index contributed by atoms with van der Waals surface area (Å²) in [5.41, 5.74) is 2.45. The maximum absolute atomic E-state index is 12.1. The molecule has 0 amide bonds. The summed E-state index contributed by atoms with van der Waals surface area (Å²) in [6, 6.07) is 25.6. The number of ether oxygens (including phenoxy) is 1. The van der Waals surface area contributed by atoms with Crippen LogP contribution < -0.4 is 4.74 Å². The molecular formula is C26H24O4. The van der Waals surface area contributed by atoms with Gasteiger partial charge in [0.2, 0.25) is 0 Å². The summed E-state index contributed by atoms with van der Waals surface area (Å²) in [7, 11) is 0. The Hall–Kier alpha value is -3.50. The van der Waals surface area contributed by atoms with E-state index < -0.39 is 12.1 Å². The molecule has 4 nitrogen and oxygen atoms in total. The molecule has 0 saturated carbocycles. The van der Waals surface area contributed by atoms with Crippen molar-refractivity contribution >= 4 is 17.8 Å². The summed E-state index contributed by atoms with van der Waals surface area (Å²) in [6.07, 6.45) is 3.67. The summed E-state index contributed by atoms with van der Waals surface area (Å²) in [4.78, 5) is 24.2. The van der Waals surface area contributed by atoms with Crippen LogP contribution in [-0.2, 0) is 11.2 Å². The van der Waals surface area contributed by atoms with Crippen LogP contribution in [0.1, 0.15) is 34.3 Å². The van der Waals surface area contributed by atoms with Crippen molar-refractivity contribution in [3.63, 3.8) is 0 Å². The number of aliphatic hydroxyl groups is 1. The van der Waals surface area contributed by atoms with Crippen LogP contribution in [0.4, 0.5) is 0 Å². The molecule has 0 aliphatic carbocycles. The molecule has 0 spiro atoms. The number of hydrogen-bond donors (Lipinski definition) is 1. The standard InChI is InChI=1S/C26H24O4/c27-23(15-11-20-7-3-1-4-8-20)19-24(28)16-12-21-13-17-25(18-14-21)30-26(29)22-9-5-2-6-10-22/h1-11,13-15,17-18,23,27H,12,16,19H2/b15-11+. The molecule has 0 aromatic heterocycles. The molecule has 3 rings (SSSR count). The highest BCUT2D eigenvalue weighted by molar-refractivity contribution is 5.90. The smallest absolute Gasteiger partial charge is 0.343 e. The zero-order chi connectivity index (χ0) is 21.2. The average Bonchev–Trinajstić information content (AvgIpc) is 2.78. The fraction of sp³-hybridized carbons (Fsp3) is 0.154. The number of Topliss-reactive ketones (excluding diaryl/α,β-unsaturated/α-hetero) is 1. The normalized spacial score (nSPS) is 11.9. The van der Waals surface area contributed by atoms with Gasteiger partial charge in [0.05, 0.1) is 11.7 Å². The fourth-order valence-electron chi connectivity index (χ4n) is 2.94. The first-order chi connectivity index (χ1) is 14.6. The molecule has 0 heterocycles. The Morgan fingerprint density at radius 3 is 2.17 bits per heavy atom. The minimum Gasteiger partial charge on any atom is -0.423 e. The third kappa shape index (κ3) is 6.83. The number of aliphatic hydroxyl groups excluding tert-OH is 1. The molecule has 0 radical (unpaired) electrons. The van der Waals surface area contributed by atoms with Gasteiger partial charge in [-0.3, -0.25) is 4.79 Å². The molecular weight excluding hydrogens is 376 g/mol. The molecule has 30 heavy (non-hydrogen) atoms. The van der Waals surface area contributed by atoms with Gasteiger partial charge in [0.1, 0.15) is 11.5 Å². The Morgan fingerprint density at radius 2 is 1.50 bits per heavy atom. The molecule has 4 heteroatoms. The number of carbonyl (C=O) groups is 2. The molecule has 152 valence electrons. The molecule has 0 bridgehead atoms. The summed E-state index contributed by atoms with van der Waals surface area (Å²) in [5.74, 6) is 0.0521. The Bertz CT molecular complexity index is 977. The van der Waals surface area contributed by atoms with E-state index in [1.807, 2.05) is 54.6 Å². The van der Waals surface area contributed by atoms with Gasteiger partial charge in [-0.05, 0) is 41.8 Å². The predicted octanol–water partition coefficient (Wildman–Crippen LogP) is 4.87. The van der Waals surface area contributed by atoms with Gasteiger partial charge in [-0.2, -0.15) is 0 Å². The zero-order valence-corrected chi connectivity index (χ0v) is 16.6. The number of benzene rings is 3. The lowest BCUT2D eigenvalue weighted by molar-refractivity contribution is -0.120. The second-order valence-corrected chi connectivity index (χ2v) is 6.98. The van der Waals surface area contributed by atoms with Gasteiger partial charge in [-0.25, -0.2) is 4.79 Å². The highest BCUT2D eigenvalue weighted by Gasteiger charge is 2.10. The number of ketones is 1. The lowest BCUT2D eigenvalue weighted by Gasteiger charge is -2.07. The van der Waals surface area contributed by atoms with E-state index >= 15 is 0 Å². The molecule has 0 saturated heterocycles. The Morgan fingerprint density at radius 1 is 0.867 bits per heavy atom. The van der Waals surface area contributed by atoms with Crippen LogP contribution in [0.5, 0.6) is 5.75 Å². The van der Waals surface area contributed by atoms with Gasteiger partial charge in [-0.1, -0.05) is 72.8 Å². The van der Waals surface area contributed by atoms with Crippen LogP contribution in [0.3, 0.4) is 0 Å². The second-order valence-electron chi connectivity index (χ2n) is 6.98. The fourth-order valence-corrected chi connectivity index (χ4v) is 2.94. The average molecular weight is 400 g/mol. The minimum atomic E-state index is -0.794. The maximum atomic E-state index is 12.1. The van der Waals surface area contributed by atoms with Crippen molar-refractivity contribution in [3.8, 4) is 5.75 Å². The molecule has 1 atom stereocenters. The van der Waals surface area contributed by atoms with Gasteiger partial charge in [-0.15, -0.1) is 0 Å². The number of hydrogen-bond acceptors (Lipinski definition) is 4. The van der Waals surface area contributed by atoms with Crippen LogP contribution in [0.15, 0.2) is 91.0 Å². The van der Waals surface area contributed by atoms with Gasteiger partial charge in [0, 0.05) is 12.8 Å². The number of rotatable bonds is 9. The third-order valence-electron chi connectivity index (χ3n) is 4.58. The zero-order valence-electron chi connectivity index (χ0n) is 16.6. The third-order valence-corrected chi connectivity index (χ3v) is 4.58. The molecule has 0 fully saturated rings. The SMILES string of the molecule is O=C(CCc1ccc(OC(=O)c2ccccc2)cc1)CC(O)/C=C/c1ccccc1. The minimum absolute atomic E-state index is 0.000191. The van der Waals surface area contributed by atoms with Gasteiger partial charge >= 0.3 is 5.97 Å². The van der Waals surface area contributed by atoms with Crippen molar-refractivity contribution < 1.29 is 19.4 Å². The topological polar surface area (TPSA) is 63.6 Å². The number of esters is 1. The van der Waals surface area contributed by atoms with Crippen LogP contribution in [0, 0.1) is 0 Å². The summed E-state index contributed by atoms with van der Waals surface area (Å²) < 4.78 is 5.35. The van der Waals surface area contributed by atoms with Crippen LogP contribution in [-0.4, -0.2) is 23.0 Å². The first-order valence-corrected chi connectivity index (χ1v) is 9.89. The summed E-state index contributed by atoms with van der Waals surface area (Å²) in [6.45, 7) is 0. The van der Waals surface area contributed by atoms with E-state index in [1.54, 1.807) is 42.5 Å². The van der Waals surface area contributed by atoms with E-state index in [0.717, 1.165) is 11.1 Å². The van der Waals surface area contributed by atoms with Crippen molar-refractivity contribution in [1.82, 2.24) is 0 Å². The van der Waals surface area contributed by atoms with Crippen molar-refractivity contribution in [2.24, 2.45) is 0 Å². The second kappa shape index (κ2) is 10.9. The van der Waals surface area contributed by atoms with Crippen LogP contribution in [0.2, 0.25) is 0 Å². The lowest BCUT2D eigenvalue weighted by atomic mass is 10.0. The molecule has 0 aliphatic heterocycles. The molecule has 1 N–H and O–H groups in total. The van der Waals surface area contributed by atoms with Crippen molar-refractivity contribution in [3.05, 3.63) is 108 Å². The molecule has 0 aliphatic rings. The van der Waals surface area contributed by atoms with E-state index in [0.29, 0.717) is 24.2 Å². The van der Waals surface area contributed by atoms with E-state index in [4.69, 9.17) is 4.74 Å². The monoisotopic (exact) mass is 400 g/mol. The van der Waals surface area contributed by atoms with Crippen LogP contribution >= 0.6 is 0 Å². The predicted molar refractivity (Wildman–Crippen MR) is 117 cm³/mol. The number of carbonyl (C=O) groups excluding carboxylic acids is 2. The van der Waals surface area contributed by atoms with Crippen molar-refractivity contribution in [2.75, 3.05) is 0 Å². The molecule has 1 unspecified atom stereocenters.